The molecule has 0 unspecified atom stereocenters. The fourth-order valence-electron chi connectivity index (χ4n) is 3.76. The molecule has 0 aromatic rings. The zero-order chi connectivity index (χ0) is 12.1. The molecule has 1 N–H and O–H groups in total. The van der Waals surface area contributed by atoms with Crippen molar-refractivity contribution in [3.05, 3.63) is 0 Å². The number of fused-ring (bicyclic) bond motifs is 2. The summed E-state index contributed by atoms with van der Waals surface area (Å²) in [5, 5.41) is 3.27. The highest BCUT2D eigenvalue weighted by molar-refractivity contribution is 5.78. The molecule has 0 aromatic carbocycles. The van der Waals surface area contributed by atoms with Gasteiger partial charge in [-0.2, -0.15) is 0 Å². The standard InChI is InChI=1S/C14H25NO/c1-9(2)12(16)15-11-8-10-6-7-14(11,5)13(10,3)4/h9-11H,6-8H2,1-5H3,(H,15,16)/t10-,11-,14+/m0/s1. The van der Waals surface area contributed by atoms with Crippen molar-refractivity contribution >= 4 is 5.91 Å². The van der Waals surface area contributed by atoms with Gasteiger partial charge in [0, 0.05) is 12.0 Å². The quantitative estimate of drug-likeness (QED) is 0.766. The average Bonchev–Trinajstić information content (AvgIpc) is 2.50. The van der Waals surface area contributed by atoms with Crippen LogP contribution >= 0.6 is 0 Å². The van der Waals surface area contributed by atoms with Crippen LogP contribution in [0.15, 0.2) is 0 Å². The zero-order valence-corrected chi connectivity index (χ0v) is 11.3. The van der Waals surface area contributed by atoms with Gasteiger partial charge in [0.1, 0.15) is 0 Å². The van der Waals surface area contributed by atoms with Gasteiger partial charge in [0.15, 0.2) is 0 Å². The lowest BCUT2D eigenvalue weighted by Gasteiger charge is -2.39. The number of amides is 1. The Bertz CT molecular complexity index is 308. The molecule has 2 aliphatic rings. The minimum Gasteiger partial charge on any atom is -0.353 e. The maximum absolute atomic E-state index is 11.8. The molecule has 92 valence electrons. The molecule has 3 atom stereocenters. The van der Waals surface area contributed by atoms with Gasteiger partial charge in [0.2, 0.25) is 5.91 Å². The van der Waals surface area contributed by atoms with Gasteiger partial charge < -0.3 is 5.32 Å². The highest BCUT2D eigenvalue weighted by Gasteiger charge is 2.61. The Kier molecular flexibility index (Phi) is 2.60. The lowest BCUT2D eigenvalue weighted by molar-refractivity contribution is -0.125. The molecule has 2 aliphatic carbocycles. The first-order valence-corrected chi connectivity index (χ1v) is 6.59. The molecule has 16 heavy (non-hydrogen) atoms. The Morgan fingerprint density at radius 2 is 1.94 bits per heavy atom. The molecular formula is C14H25NO. The van der Waals surface area contributed by atoms with Gasteiger partial charge in [-0.3, -0.25) is 4.79 Å². The van der Waals surface area contributed by atoms with Crippen LogP contribution in [0, 0.1) is 22.7 Å². The monoisotopic (exact) mass is 223 g/mol. The molecule has 0 heterocycles. The van der Waals surface area contributed by atoms with Gasteiger partial charge in [-0.15, -0.1) is 0 Å². The molecule has 0 aliphatic heterocycles. The Morgan fingerprint density at radius 1 is 1.31 bits per heavy atom. The summed E-state index contributed by atoms with van der Waals surface area (Å²) in [6.07, 6.45) is 3.80. The number of rotatable bonds is 2. The van der Waals surface area contributed by atoms with E-state index in [2.05, 4.69) is 26.1 Å². The molecule has 0 spiro atoms. The van der Waals surface area contributed by atoms with Gasteiger partial charge in [-0.1, -0.05) is 34.6 Å². The van der Waals surface area contributed by atoms with Gasteiger partial charge in [-0.25, -0.2) is 0 Å². The van der Waals surface area contributed by atoms with E-state index in [1.807, 2.05) is 13.8 Å². The molecule has 2 rings (SSSR count). The highest BCUT2D eigenvalue weighted by atomic mass is 16.1. The molecule has 0 aromatic heterocycles. The first kappa shape index (κ1) is 11.9. The summed E-state index contributed by atoms with van der Waals surface area (Å²) in [7, 11) is 0. The molecule has 2 bridgehead atoms. The topological polar surface area (TPSA) is 29.1 Å². The summed E-state index contributed by atoms with van der Waals surface area (Å²) in [6, 6.07) is 0.399. The summed E-state index contributed by atoms with van der Waals surface area (Å²) in [5.74, 6) is 1.12. The van der Waals surface area contributed by atoms with E-state index in [1.165, 1.54) is 19.3 Å². The van der Waals surface area contributed by atoms with Crippen molar-refractivity contribution in [1.29, 1.82) is 0 Å². The fraction of sp³-hybridized carbons (Fsp3) is 0.929. The smallest absolute Gasteiger partial charge is 0.222 e. The van der Waals surface area contributed by atoms with Gasteiger partial charge in [0.05, 0.1) is 0 Å². The van der Waals surface area contributed by atoms with E-state index in [0.29, 0.717) is 16.9 Å². The largest absolute Gasteiger partial charge is 0.353 e. The molecule has 2 heteroatoms. The molecule has 1 amide bonds. The molecule has 2 fully saturated rings. The minimum atomic E-state index is 0.103. The molecular weight excluding hydrogens is 198 g/mol. The van der Waals surface area contributed by atoms with Crippen LogP contribution in [-0.2, 0) is 4.79 Å². The predicted octanol–water partition coefficient (Wildman–Crippen LogP) is 2.97. The second kappa shape index (κ2) is 3.48. The van der Waals surface area contributed by atoms with Gasteiger partial charge >= 0.3 is 0 Å². The van der Waals surface area contributed by atoms with Gasteiger partial charge in [-0.05, 0) is 36.0 Å². The van der Waals surface area contributed by atoms with E-state index in [9.17, 15) is 4.79 Å². The van der Waals surface area contributed by atoms with E-state index in [4.69, 9.17) is 0 Å². The number of nitrogens with one attached hydrogen (secondary N) is 1. The third kappa shape index (κ3) is 1.42. The summed E-state index contributed by atoms with van der Waals surface area (Å²) in [6.45, 7) is 11.1. The summed E-state index contributed by atoms with van der Waals surface area (Å²) >= 11 is 0. The molecule has 0 radical (unpaired) electrons. The zero-order valence-electron chi connectivity index (χ0n) is 11.3. The Morgan fingerprint density at radius 3 is 2.31 bits per heavy atom. The van der Waals surface area contributed by atoms with Crippen molar-refractivity contribution in [1.82, 2.24) is 5.32 Å². The van der Waals surface area contributed by atoms with Crippen molar-refractivity contribution in [2.24, 2.45) is 22.7 Å². The summed E-state index contributed by atoms with van der Waals surface area (Å²) in [5.41, 5.74) is 0.699. The highest BCUT2D eigenvalue weighted by Crippen LogP contribution is 2.65. The van der Waals surface area contributed by atoms with E-state index < -0.39 is 0 Å². The van der Waals surface area contributed by atoms with Crippen LogP contribution < -0.4 is 5.32 Å². The number of hydrogen-bond acceptors (Lipinski definition) is 1. The average molecular weight is 223 g/mol. The second-order valence-electron chi connectivity index (χ2n) is 6.83. The van der Waals surface area contributed by atoms with Crippen LogP contribution in [-0.4, -0.2) is 11.9 Å². The maximum atomic E-state index is 11.8. The molecule has 2 saturated carbocycles. The van der Waals surface area contributed by atoms with Crippen LogP contribution in [0.25, 0.3) is 0 Å². The number of carbonyl (C=O) groups excluding carboxylic acids is 1. The van der Waals surface area contributed by atoms with Crippen LogP contribution in [0.1, 0.15) is 53.9 Å². The normalized spacial score (nSPS) is 40.4. The van der Waals surface area contributed by atoms with Crippen molar-refractivity contribution in [2.75, 3.05) is 0 Å². The van der Waals surface area contributed by atoms with E-state index in [1.54, 1.807) is 0 Å². The van der Waals surface area contributed by atoms with Crippen LogP contribution in [0.3, 0.4) is 0 Å². The maximum Gasteiger partial charge on any atom is 0.222 e. The van der Waals surface area contributed by atoms with Crippen LogP contribution in [0.4, 0.5) is 0 Å². The SMILES string of the molecule is CC(C)C(=O)N[C@H]1C[C@@H]2CC[C@@]1(C)C2(C)C. The number of carbonyl (C=O) groups is 1. The minimum absolute atomic E-state index is 0.103. The van der Waals surface area contributed by atoms with Crippen LogP contribution in [0.2, 0.25) is 0 Å². The molecule has 0 saturated heterocycles. The number of hydrogen-bond donors (Lipinski definition) is 1. The summed E-state index contributed by atoms with van der Waals surface area (Å²) < 4.78 is 0. The molecule has 2 nitrogen and oxygen atoms in total. The second-order valence-corrected chi connectivity index (χ2v) is 6.83. The first-order chi connectivity index (χ1) is 7.29. The van der Waals surface area contributed by atoms with Gasteiger partial charge in [0.25, 0.3) is 0 Å². The van der Waals surface area contributed by atoms with E-state index in [0.717, 1.165) is 5.92 Å². The predicted molar refractivity (Wildman–Crippen MR) is 66.0 cm³/mol. The Hall–Kier alpha value is -0.530. The fourth-order valence-corrected chi connectivity index (χ4v) is 3.76. The third-order valence-corrected chi connectivity index (χ3v) is 5.63. The Balaban J connectivity index is 2.13. The van der Waals surface area contributed by atoms with Crippen LogP contribution in [0.5, 0.6) is 0 Å². The Labute approximate surface area is 99.2 Å². The van der Waals surface area contributed by atoms with Crippen molar-refractivity contribution in [3.63, 3.8) is 0 Å². The third-order valence-electron chi connectivity index (χ3n) is 5.63. The lowest BCUT2D eigenvalue weighted by atomic mass is 9.69. The van der Waals surface area contributed by atoms with Crippen molar-refractivity contribution < 1.29 is 4.79 Å². The lowest BCUT2D eigenvalue weighted by Crippen LogP contribution is -2.48. The van der Waals surface area contributed by atoms with E-state index in [-0.39, 0.29) is 11.8 Å². The van der Waals surface area contributed by atoms with Crippen molar-refractivity contribution in [3.8, 4) is 0 Å². The first-order valence-electron chi connectivity index (χ1n) is 6.59. The van der Waals surface area contributed by atoms with E-state index >= 15 is 0 Å². The summed E-state index contributed by atoms with van der Waals surface area (Å²) in [4.78, 5) is 11.8. The van der Waals surface area contributed by atoms with Crippen molar-refractivity contribution in [2.45, 2.75) is 59.9 Å².